The molecule has 12 rings (SSSR count). The lowest BCUT2D eigenvalue weighted by Crippen LogP contribution is -2.33. The maximum Gasteiger partial charge on any atom is 0.159 e. The zero-order valence-corrected chi connectivity index (χ0v) is 32.2. The van der Waals surface area contributed by atoms with Crippen LogP contribution < -0.4 is 5.32 Å². The number of amidine groups is 2. The first-order valence-electron chi connectivity index (χ1n) is 19.2. The van der Waals surface area contributed by atoms with Gasteiger partial charge in [-0.2, -0.15) is 0 Å². The van der Waals surface area contributed by atoms with Gasteiger partial charge in [0.05, 0.1) is 21.4 Å². The molecule has 4 nitrogen and oxygen atoms in total. The average molecular weight is 765 g/mol. The molecule has 11 aromatic rings. The SMILES string of the molecule is c1ccc(C2=NC(c3ccc4c(c3)sc3cccc(-c5ccc6c(c5)sc5c(-n7c8ccccc8c8ccccc87)cccc56)c34)=NC(c3ccccc3)N2)cc1. The van der Waals surface area contributed by atoms with Crippen molar-refractivity contribution < 1.29 is 0 Å². The number of aromatic nitrogens is 1. The van der Waals surface area contributed by atoms with Crippen molar-refractivity contribution in [2.75, 3.05) is 0 Å². The quantitative estimate of drug-likeness (QED) is 0.186. The first-order valence-corrected chi connectivity index (χ1v) is 20.8. The van der Waals surface area contributed by atoms with Crippen LogP contribution in [0.1, 0.15) is 22.9 Å². The largest absolute Gasteiger partial charge is 0.344 e. The fraction of sp³-hybridized carbons (Fsp3) is 0.0196. The van der Waals surface area contributed by atoms with Crippen LogP contribution in [0.2, 0.25) is 0 Å². The Bertz CT molecular complexity index is 3390. The Hall–Kier alpha value is -6.86. The fourth-order valence-corrected chi connectivity index (χ4v) is 11.1. The van der Waals surface area contributed by atoms with E-state index in [-0.39, 0.29) is 6.17 Å². The maximum absolute atomic E-state index is 5.15. The third-order valence-corrected chi connectivity index (χ3v) is 13.6. The lowest BCUT2D eigenvalue weighted by atomic mass is 9.98. The minimum absolute atomic E-state index is 0.236. The first-order chi connectivity index (χ1) is 28.2. The van der Waals surface area contributed by atoms with Crippen molar-refractivity contribution >= 4 is 96.5 Å². The van der Waals surface area contributed by atoms with Gasteiger partial charge >= 0.3 is 0 Å². The number of nitrogens with one attached hydrogen (secondary N) is 1. The number of fused-ring (bicyclic) bond motifs is 9. The smallest absolute Gasteiger partial charge is 0.159 e. The first kappa shape index (κ1) is 32.4. The second-order valence-corrected chi connectivity index (χ2v) is 16.7. The fourth-order valence-electron chi connectivity index (χ4n) is 8.64. The van der Waals surface area contributed by atoms with Crippen LogP contribution in [0.5, 0.6) is 0 Å². The summed E-state index contributed by atoms with van der Waals surface area (Å²) in [6.07, 6.45) is -0.236. The van der Waals surface area contributed by atoms with E-state index in [4.69, 9.17) is 9.98 Å². The summed E-state index contributed by atoms with van der Waals surface area (Å²) < 4.78 is 7.53. The Kier molecular flexibility index (Phi) is 7.30. The Labute approximate surface area is 336 Å². The number of thiophene rings is 2. The Morgan fingerprint density at radius 1 is 0.474 bits per heavy atom. The highest BCUT2D eigenvalue weighted by molar-refractivity contribution is 7.26. The molecule has 0 spiro atoms. The third-order valence-electron chi connectivity index (χ3n) is 11.3. The molecule has 57 heavy (non-hydrogen) atoms. The van der Waals surface area contributed by atoms with Gasteiger partial charge < -0.3 is 9.88 Å². The lowest BCUT2D eigenvalue weighted by molar-refractivity contribution is 0.674. The highest BCUT2D eigenvalue weighted by Crippen LogP contribution is 2.45. The summed E-state index contributed by atoms with van der Waals surface area (Å²) in [6, 6.07) is 65.4. The molecule has 4 heterocycles. The van der Waals surface area contributed by atoms with Crippen LogP contribution in [0.4, 0.5) is 0 Å². The number of aliphatic imine (C=N–C) groups is 2. The zero-order chi connectivity index (χ0) is 37.5. The van der Waals surface area contributed by atoms with Gasteiger partial charge in [0.1, 0.15) is 12.0 Å². The summed E-state index contributed by atoms with van der Waals surface area (Å²) in [5.41, 5.74) is 9.32. The number of para-hydroxylation sites is 2. The highest BCUT2D eigenvalue weighted by atomic mass is 32.1. The molecule has 0 fully saturated rings. The van der Waals surface area contributed by atoms with Gasteiger partial charge in [-0.25, -0.2) is 9.98 Å². The van der Waals surface area contributed by atoms with Crippen LogP contribution in [0.25, 0.3) is 79.0 Å². The number of rotatable bonds is 5. The van der Waals surface area contributed by atoms with E-state index in [2.05, 4.69) is 168 Å². The molecular formula is C51H32N4S2. The van der Waals surface area contributed by atoms with Crippen LogP contribution in [-0.2, 0) is 0 Å². The van der Waals surface area contributed by atoms with E-state index >= 15 is 0 Å². The summed E-state index contributed by atoms with van der Waals surface area (Å²) in [6.45, 7) is 0. The van der Waals surface area contributed by atoms with Crippen LogP contribution >= 0.6 is 22.7 Å². The molecule has 1 unspecified atom stereocenters. The standard InChI is InChI=1S/C51H32N4S2/c1-3-13-31(14-4-1)49-52-50(32-15-5-2-6-16-32)54-51(53-49)34-26-28-40-46(30-34)56-44-24-12-19-35(47(40)44)33-25-27-38-39-20-11-23-43(48(39)57-45(38)29-33)55-41-21-9-7-17-36(41)37-18-8-10-22-42(37)55/h1-30,49H,(H,52,53,54). The Balaban J connectivity index is 0.975. The summed E-state index contributed by atoms with van der Waals surface area (Å²) >= 11 is 3.72. The average Bonchev–Trinajstić information content (AvgIpc) is 3.96. The predicted octanol–water partition coefficient (Wildman–Crippen LogP) is 13.7. The molecule has 1 atom stereocenters. The van der Waals surface area contributed by atoms with Crippen LogP contribution in [0.3, 0.4) is 0 Å². The summed E-state index contributed by atoms with van der Waals surface area (Å²) in [5, 5.41) is 11.3. The molecular weight excluding hydrogens is 733 g/mol. The van der Waals surface area contributed by atoms with Crippen molar-refractivity contribution in [2.45, 2.75) is 6.17 Å². The van der Waals surface area contributed by atoms with Crippen molar-refractivity contribution in [1.82, 2.24) is 9.88 Å². The third kappa shape index (κ3) is 5.18. The predicted molar refractivity (Wildman–Crippen MR) is 244 cm³/mol. The number of nitrogens with zero attached hydrogens (tertiary/aromatic N) is 3. The van der Waals surface area contributed by atoms with Crippen molar-refractivity contribution in [1.29, 1.82) is 0 Å². The van der Waals surface area contributed by atoms with Crippen LogP contribution in [-0.4, -0.2) is 16.2 Å². The number of hydrogen-bond donors (Lipinski definition) is 1. The van der Waals surface area contributed by atoms with Gasteiger partial charge in [-0.1, -0.05) is 146 Å². The van der Waals surface area contributed by atoms with Gasteiger partial charge in [0.2, 0.25) is 0 Å². The second kappa shape index (κ2) is 12.8. The Morgan fingerprint density at radius 2 is 1.12 bits per heavy atom. The van der Waals surface area contributed by atoms with Gasteiger partial charge in [0.25, 0.3) is 0 Å². The molecule has 8 aromatic carbocycles. The lowest BCUT2D eigenvalue weighted by Gasteiger charge is -2.23. The molecule has 0 saturated carbocycles. The normalized spacial score (nSPS) is 14.5. The number of benzene rings is 8. The summed E-state index contributed by atoms with van der Waals surface area (Å²) in [7, 11) is 0. The van der Waals surface area contributed by atoms with Crippen molar-refractivity contribution in [3.05, 3.63) is 199 Å². The van der Waals surface area contributed by atoms with Crippen LogP contribution in [0, 0.1) is 0 Å². The minimum atomic E-state index is -0.236. The topological polar surface area (TPSA) is 41.7 Å². The maximum atomic E-state index is 5.15. The molecule has 0 amide bonds. The van der Waals surface area contributed by atoms with Gasteiger partial charge in [-0.15, -0.1) is 22.7 Å². The zero-order valence-electron chi connectivity index (χ0n) is 30.6. The molecule has 268 valence electrons. The van der Waals surface area contributed by atoms with Gasteiger partial charge in [-0.3, -0.25) is 0 Å². The molecule has 1 N–H and O–H groups in total. The number of hydrogen-bond acceptors (Lipinski definition) is 5. The molecule has 0 radical (unpaired) electrons. The summed E-state index contributed by atoms with van der Waals surface area (Å²) in [4.78, 5) is 10.2. The second-order valence-electron chi connectivity index (χ2n) is 14.6. The van der Waals surface area contributed by atoms with Crippen molar-refractivity contribution in [3.8, 4) is 16.8 Å². The monoisotopic (exact) mass is 764 g/mol. The summed E-state index contributed by atoms with van der Waals surface area (Å²) in [5.74, 6) is 1.56. The molecule has 1 aliphatic heterocycles. The van der Waals surface area contributed by atoms with E-state index in [0.29, 0.717) is 0 Å². The molecule has 3 aromatic heterocycles. The van der Waals surface area contributed by atoms with E-state index in [9.17, 15) is 0 Å². The molecule has 0 aliphatic carbocycles. The molecule has 0 saturated heterocycles. The van der Waals surface area contributed by atoms with E-state index in [1.165, 1.54) is 79.0 Å². The van der Waals surface area contributed by atoms with E-state index < -0.39 is 0 Å². The van der Waals surface area contributed by atoms with Gasteiger partial charge in [0.15, 0.2) is 5.84 Å². The van der Waals surface area contributed by atoms with E-state index in [1.54, 1.807) is 0 Å². The van der Waals surface area contributed by atoms with Crippen molar-refractivity contribution in [3.63, 3.8) is 0 Å². The van der Waals surface area contributed by atoms with Gasteiger partial charge in [0, 0.05) is 57.5 Å². The Morgan fingerprint density at radius 3 is 1.93 bits per heavy atom. The van der Waals surface area contributed by atoms with E-state index in [1.807, 2.05) is 46.9 Å². The molecule has 0 bridgehead atoms. The van der Waals surface area contributed by atoms with E-state index in [0.717, 1.165) is 28.4 Å². The van der Waals surface area contributed by atoms with Crippen molar-refractivity contribution in [2.24, 2.45) is 9.98 Å². The van der Waals surface area contributed by atoms with Gasteiger partial charge in [-0.05, 0) is 53.1 Å². The molecule has 1 aliphatic rings. The van der Waals surface area contributed by atoms with Crippen LogP contribution in [0.15, 0.2) is 192 Å². The minimum Gasteiger partial charge on any atom is -0.344 e. The highest BCUT2D eigenvalue weighted by Gasteiger charge is 2.22. The molecule has 6 heteroatoms.